The van der Waals surface area contributed by atoms with E-state index in [0.717, 1.165) is 16.9 Å². The number of imidazole rings is 1. The molecule has 6 nitrogen and oxygen atoms in total. The van der Waals surface area contributed by atoms with Gasteiger partial charge in [0.1, 0.15) is 11.9 Å². The maximum Gasteiger partial charge on any atom is 0.243 e. The first kappa shape index (κ1) is 15.9. The summed E-state index contributed by atoms with van der Waals surface area (Å²) in [6, 6.07) is 7.36. The first-order chi connectivity index (χ1) is 11.0. The van der Waals surface area contributed by atoms with Crippen LogP contribution in [0.3, 0.4) is 0 Å². The SMILES string of the molecule is CC1(C)SC[C@H](C(=O)NCCc2nc3ccccc3[nH]2)NC1=O. The monoisotopic (exact) mass is 332 g/mol. The summed E-state index contributed by atoms with van der Waals surface area (Å²) >= 11 is 1.51. The van der Waals surface area contributed by atoms with Crippen LogP contribution in [0.4, 0.5) is 0 Å². The van der Waals surface area contributed by atoms with E-state index in [0.29, 0.717) is 18.7 Å². The van der Waals surface area contributed by atoms with Crippen LogP contribution in [0.5, 0.6) is 0 Å². The number of nitrogens with one attached hydrogen (secondary N) is 3. The first-order valence-electron chi connectivity index (χ1n) is 7.62. The lowest BCUT2D eigenvalue weighted by atomic mass is 10.1. The Bertz CT molecular complexity index is 708. The van der Waals surface area contributed by atoms with Crippen LogP contribution in [0.2, 0.25) is 0 Å². The summed E-state index contributed by atoms with van der Waals surface area (Å²) in [6.07, 6.45) is 0.625. The van der Waals surface area contributed by atoms with Gasteiger partial charge in [-0.1, -0.05) is 12.1 Å². The fourth-order valence-electron chi connectivity index (χ4n) is 2.42. The number of para-hydroxylation sites is 2. The van der Waals surface area contributed by atoms with Crippen molar-refractivity contribution in [1.29, 1.82) is 0 Å². The zero-order chi connectivity index (χ0) is 16.4. The molecule has 122 valence electrons. The van der Waals surface area contributed by atoms with Gasteiger partial charge in [0.25, 0.3) is 0 Å². The van der Waals surface area contributed by atoms with Crippen molar-refractivity contribution >= 4 is 34.6 Å². The van der Waals surface area contributed by atoms with Gasteiger partial charge < -0.3 is 15.6 Å². The highest BCUT2D eigenvalue weighted by atomic mass is 32.2. The van der Waals surface area contributed by atoms with Crippen molar-refractivity contribution in [2.45, 2.75) is 31.1 Å². The Hall–Kier alpha value is -2.02. The predicted octanol–water partition coefficient (Wildman–Crippen LogP) is 1.23. The van der Waals surface area contributed by atoms with Crippen LogP contribution in [0.15, 0.2) is 24.3 Å². The molecule has 0 aliphatic carbocycles. The third-order valence-electron chi connectivity index (χ3n) is 3.88. The molecule has 3 rings (SSSR count). The molecule has 23 heavy (non-hydrogen) atoms. The quantitative estimate of drug-likeness (QED) is 0.786. The van der Waals surface area contributed by atoms with Gasteiger partial charge >= 0.3 is 0 Å². The number of hydrogen-bond acceptors (Lipinski definition) is 4. The number of benzene rings is 1. The van der Waals surface area contributed by atoms with E-state index in [2.05, 4.69) is 20.6 Å². The number of fused-ring (bicyclic) bond motifs is 1. The number of H-pyrrole nitrogens is 1. The number of carbonyl (C=O) groups excluding carboxylic acids is 2. The summed E-state index contributed by atoms with van der Waals surface area (Å²) in [7, 11) is 0. The lowest BCUT2D eigenvalue weighted by molar-refractivity contribution is -0.129. The van der Waals surface area contributed by atoms with Crippen molar-refractivity contribution in [3.8, 4) is 0 Å². The number of thioether (sulfide) groups is 1. The Morgan fingerprint density at radius 1 is 1.43 bits per heavy atom. The van der Waals surface area contributed by atoms with Gasteiger partial charge in [0, 0.05) is 18.7 Å². The normalized spacial score (nSPS) is 20.3. The third-order valence-corrected chi connectivity index (χ3v) is 5.29. The molecule has 0 saturated carbocycles. The van der Waals surface area contributed by atoms with Crippen molar-refractivity contribution < 1.29 is 9.59 Å². The number of hydrogen-bond donors (Lipinski definition) is 3. The Balaban J connectivity index is 1.50. The van der Waals surface area contributed by atoms with E-state index in [1.165, 1.54) is 11.8 Å². The fourth-order valence-corrected chi connectivity index (χ4v) is 3.43. The van der Waals surface area contributed by atoms with Crippen molar-refractivity contribution in [1.82, 2.24) is 20.6 Å². The Kier molecular flexibility index (Phi) is 4.30. The number of carbonyl (C=O) groups is 2. The molecule has 1 atom stereocenters. The van der Waals surface area contributed by atoms with E-state index < -0.39 is 10.8 Å². The highest BCUT2D eigenvalue weighted by Gasteiger charge is 2.37. The lowest BCUT2D eigenvalue weighted by Gasteiger charge is -2.32. The largest absolute Gasteiger partial charge is 0.354 e. The summed E-state index contributed by atoms with van der Waals surface area (Å²) in [5, 5.41) is 5.65. The maximum atomic E-state index is 12.1. The van der Waals surface area contributed by atoms with Gasteiger partial charge in [0.05, 0.1) is 15.8 Å². The maximum absolute atomic E-state index is 12.1. The Morgan fingerprint density at radius 2 is 2.22 bits per heavy atom. The summed E-state index contributed by atoms with van der Waals surface area (Å²) in [4.78, 5) is 31.7. The van der Waals surface area contributed by atoms with Gasteiger partial charge in [-0.25, -0.2) is 4.98 Å². The van der Waals surface area contributed by atoms with E-state index in [9.17, 15) is 9.59 Å². The lowest BCUT2D eigenvalue weighted by Crippen LogP contribution is -2.57. The van der Waals surface area contributed by atoms with Gasteiger partial charge in [-0.15, -0.1) is 11.8 Å². The van der Waals surface area contributed by atoms with E-state index >= 15 is 0 Å². The predicted molar refractivity (Wildman–Crippen MR) is 91.3 cm³/mol. The number of aromatic amines is 1. The second kappa shape index (κ2) is 6.23. The molecule has 0 spiro atoms. The highest BCUT2D eigenvalue weighted by Crippen LogP contribution is 2.28. The Labute approximate surface area is 138 Å². The van der Waals surface area contributed by atoms with E-state index in [4.69, 9.17) is 0 Å². The van der Waals surface area contributed by atoms with Gasteiger partial charge in [-0.2, -0.15) is 0 Å². The van der Waals surface area contributed by atoms with Crippen molar-refractivity contribution in [2.75, 3.05) is 12.3 Å². The van der Waals surface area contributed by atoms with Crippen molar-refractivity contribution in [3.63, 3.8) is 0 Å². The minimum Gasteiger partial charge on any atom is -0.354 e. The van der Waals surface area contributed by atoms with Crippen LogP contribution in [0.25, 0.3) is 11.0 Å². The van der Waals surface area contributed by atoms with Crippen LogP contribution in [-0.2, 0) is 16.0 Å². The molecule has 1 aromatic carbocycles. The van der Waals surface area contributed by atoms with Crippen LogP contribution < -0.4 is 10.6 Å². The highest BCUT2D eigenvalue weighted by molar-refractivity contribution is 8.01. The molecule has 1 saturated heterocycles. The molecule has 1 aromatic heterocycles. The summed E-state index contributed by atoms with van der Waals surface area (Å²) in [6.45, 7) is 4.21. The minimum absolute atomic E-state index is 0.0915. The molecule has 2 amide bonds. The molecule has 0 radical (unpaired) electrons. The standard InChI is InChI=1S/C16H20N4O2S/c1-16(2)15(22)20-12(9-23-16)14(21)17-8-7-13-18-10-5-3-4-6-11(10)19-13/h3-6,12H,7-9H2,1-2H3,(H,17,21)(H,18,19)(H,20,22)/t12-/m1/s1. The zero-order valence-electron chi connectivity index (χ0n) is 13.2. The molecular formula is C16H20N4O2S. The summed E-state index contributed by atoms with van der Waals surface area (Å²) in [5.41, 5.74) is 1.92. The van der Waals surface area contributed by atoms with Crippen LogP contribution in [0, 0.1) is 0 Å². The van der Waals surface area contributed by atoms with E-state index in [-0.39, 0.29) is 11.8 Å². The molecule has 1 aliphatic heterocycles. The average molecular weight is 332 g/mol. The molecule has 1 fully saturated rings. The second-order valence-corrected chi connectivity index (χ2v) is 7.73. The van der Waals surface area contributed by atoms with Gasteiger partial charge in [-0.3, -0.25) is 9.59 Å². The molecule has 2 heterocycles. The summed E-state index contributed by atoms with van der Waals surface area (Å²) < 4.78 is -0.467. The molecule has 0 unspecified atom stereocenters. The Morgan fingerprint density at radius 3 is 2.96 bits per heavy atom. The van der Waals surface area contributed by atoms with Crippen molar-refractivity contribution in [2.24, 2.45) is 0 Å². The summed E-state index contributed by atoms with van der Waals surface area (Å²) in [5.74, 6) is 1.20. The number of rotatable bonds is 4. The van der Waals surface area contributed by atoms with Crippen LogP contribution in [-0.4, -0.2) is 44.9 Å². The number of amides is 2. The fraction of sp³-hybridized carbons (Fsp3) is 0.438. The molecule has 2 aromatic rings. The molecule has 0 bridgehead atoms. The topological polar surface area (TPSA) is 86.9 Å². The minimum atomic E-state index is -0.467. The molecular weight excluding hydrogens is 312 g/mol. The van der Waals surface area contributed by atoms with E-state index in [1.807, 2.05) is 38.1 Å². The zero-order valence-corrected chi connectivity index (χ0v) is 14.0. The first-order valence-corrected chi connectivity index (χ1v) is 8.60. The van der Waals surface area contributed by atoms with Gasteiger partial charge in [0.15, 0.2) is 0 Å². The van der Waals surface area contributed by atoms with Crippen LogP contribution in [0.1, 0.15) is 19.7 Å². The van der Waals surface area contributed by atoms with Gasteiger partial charge in [0.2, 0.25) is 11.8 Å². The molecule has 7 heteroatoms. The number of nitrogens with zero attached hydrogens (tertiary/aromatic N) is 1. The molecule has 1 aliphatic rings. The average Bonchev–Trinajstić information content (AvgIpc) is 2.92. The molecule has 3 N–H and O–H groups in total. The number of aromatic nitrogens is 2. The second-order valence-electron chi connectivity index (χ2n) is 6.09. The third kappa shape index (κ3) is 3.50. The smallest absolute Gasteiger partial charge is 0.243 e. The van der Waals surface area contributed by atoms with Crippen LogP contribution >= 0.6 is 11.8 Å². The van der Waals surface area contributed by atoms with Crippen molar-refractivity contribution in [3.05, 3.63) is 30.1 Å². The van der Waals surface area contributed by atoms with E-state index in [1.54, 1.807) is 0 Å². The van der Waals surface area contributed by atoms with Gasteiger partial charge in [-0.05, 0) is 26.0 Å².